The Morgan fingerprint density at radius 1 is 0.962 bits per heavy atom. The van der Waals surface area contributed by atoms with Crippen molar-refractivity contribution >= 4 is 65.2 Å². The highest BCUT2D eigenvalue weighted by Gasteiger charge is 2.39. The molecule has 1 aromatic heterocycles. The zero-order chi connectivity index (χ0) is 39.0. The molecule has 288 valence electrons. The second kappa shape index (κ2) is 18.1. The first-order valence-electron chi connectivity index (χ1n) is 16.6. The van der Waals surface area contributed by atoms with Crippen molar-refractivity contribution in [3.8, 4) is 0 Å². The second-order valence-corrected chi connectivity index (χ2v) is 15.1. The van der Waals surface area contributed by atoms with Crippen LogP contribution in [0.4, 0.5) is 18.4 Å². The number of carbonyl (C=O) groups is 5. The maximum absolute atomic E-state index is 14.7. The van der Waals surface area contributed by atoms with E-state index in [1.54, 1.807) is 33.8 Å². The van der Waals surface area contributed by atoms with E-state index in [-0.39, 0.29) is 58.6 Å². The second-order valence-electron chi connectivity index (χ2n) is 12.6. The molecule has 0 unspecified atom stereocenters. The molecule has 0 saturated carbocycles. The Morgan fingerprint density at radius 2 is 1.58 bits per heavy atom. The van der Waals surface area contributed by atoms with Crippen LogP contribution in [-0.2, 0) is 55.1 Å². The van der Waals surface area contributed by atoms with Crippen molar-refractivity contribution in [2.75, 3.05) is 20.1 Å². The molecule has 3 aromatic rings. The molecule has 2 heterocycles. The van der Waals surface area contributed by atoms with Gasteiger partial charge in [-0.25, -0.2) is 18.4 Å². The van der Waals surface area contributed by atoms with Gasteiger partial charge in [-0.2, -0.15) is 0 Å². The van der Waals surface area contributed by atoms with Crippen molar-refractivity contribution in [1.29, 1.82) is 0 Å². The van der Waals surface area contributed by atoms with Gasteiger partial charge in [0.05, 0.1) is 40.6 Å². The van der Waals surface area contributed by atoms with Crippen LogP contribution < -0.4 is 5.30 Å². The van der Waals surface area contributed by atoms with E-state index in [9.17, 15) is 37.3 Å². The van der Waals surface area contributed by atoms with E-state index in [1.807, 2.05) is 0 Å². The van der Waals surface area contributed by atoms with Crippen LogP contribution in [0.1, 0.15) is 63.4 Å². The quantitative estimate of drug-likeness (QED) is 0.0657. The lowest BCUT2D eigenvalue weighted by molar-refractivity contribution is -0.138. The number of ether oxygens (including phenoxy) is 4. The van der Waals surface area contributed by atoms with E-state index < -0.39 is 82.0 Å². The van der Waals surface area contributed by atoms with E-state index >= 15 is 0 Å². The number of ketones is 2. The minimum atomic E-state index is -4.51. The minimum absolute atomic E-state index is 0.00814. The van der Waals surface area contributed by atoms with Crippen LogP contribution in [-0.4, -0.2) is 83.8 Å². The highest BCUT2D eigenvalue weighted by Crippen LogP contribution is 2.47. The molecular weight excluding hydrogens is 745 g/mol. The summed E-state index contributed by atoms with van der Waals surface area (Å²) in [5.41, 5.74) is 0.597. The van der Waals surface area contributed by atoms with Gasteiger partial charge in [0.2, 0.25) is 19.5 Å². The molecule has 14 nitrogen and oxygen atoms in total. The largest absolute Gasteiger partial charge is 0.510 e. The third-order valence-corrected chi connectivity index (χ3v) is 10.0. The smallest absolute Gasteiger partial charge is 0.432 e. The Hall–Kier alpha value is -4.37. The molecule has 0 radical (unpaired) electrons. The zero-order valence-electron chi connectivity index (χ0n) is 29.7. The number of amides is 1. The summed E-state index contributed by atoms with van der Waals surface area (Å²) in [6.07, 6.45) is -3.82. The number of nitrogens with zero attached hydrogens (tertiary/aromatic N) is 2. The number of carbonyl (C=O) groups excluding carboxylic acids is 5. The van der Waals surface area contributed by atoms with Crippen molar-refractivity contribution in [3.05, 3.63) is 64.6 Å². The van der Waals surface area contributed by atoms with Crippen LogP contribution >= 0.6 is 19.2 Å². The summed E-state index contributed by atoms with van der Waals surface area (Å²) in [4.78, 5) is 64.5. The fraction of sp³-hybridized carbons (Fsp3) is 0.457. The third-order valence-electron chi connectivity index (χ3n) is 7.94. The third kappa shape index (κ3) is 10.8. The number of benzene rings is 2. The van der Waals surface area contributed by atoms with Crippen molar-refractivity contribution in [3.63, 3.8) is 0 Å². The number of fused-ring (bicyclic) bond motifs is 1. The number of rotatable bonds is 16. The SMILES string of the molecule is CC(=O)c1cn(CC(=O)N2C[C@H](F)C[C@H]2C(=O)CCc2cccc(Cl)c2F)c2cc(P(=O)(OCOC(=O)OC(C)C)OCOC(=O)OC(C)C)ccc12. The van der Waals surface area contributed by atoms with Crippen LogP contribution in [0, 0.1) is 5.82 Å². The summed E-state index contributed by atoms with van der Waals surface area (Å²) in [6, 6.07) is 7.33. The maximum Gasteiger partial charge on any atom is 0.510 e. The standard InChI is InChI=1S/C35H40ClF2N2O12P/c1-20(2)51-34(44)47-18-49-53(46,50-19-48-35(45)52-21(3)4)25-10-11-26-27(22(5)41)16-39(29(26)14-25)17-32(43)40-15-24(37)13-30(40)31(42)12-9-23-7-6-8-28(36)33(23)38/h6-8,10-11,14,16,20-21,24,30H,9,12-13,15,17-19H2,1-5H3/t24-,30+/m1/s1. The summed E-state index contributed by atoms with van der Waals surface area (Å²) in [6.45, 7) is 4.98. The highest BCUT2D eigenvalue weighted by atomic mass is 35.5. The van der Waals surface area contributed by atoms with E-state index in [0.717, 1.165) is 4.90 Å². The van der Waals surface area contributed by atoms with Gasteiger partial charge in [-0.1, -0.05) is 29.8 Å². The first kappa shape index (κ1) is 41.4. The first-order chi connectivity index (χ1) is 25.0. The number of halogens is 3. The molecule has 2 aromatic carbocycles. The molecule has 0 aliphatic carbocycles. The molecule has 4 rings (SSSR count). The predicted octanol–water partition coefficient (Wildman–Crippen LogP) is 6.67. The van der Waals surface area contributed by atoms with Gasteiger partial charge in [-0.05, 0) is 64.8 Å². The number of hydrogen-bond acceptors (Lipinski definition) is 12. The summed E-state index contributed by atoms with van der Waals surface area (Å²) < 4.78 is 74.8. The van der Waals surface area contributed by atoms with Gasteiger partial charge in [0.25, 0.3) is 0 Å². The topological polar surface area (TPSA) is 166 Å². The molecule has 1 fully saturated rings. The lowest BCUT2D eigenvalue weighted by Gasteiger charge is -2.24. The normalized spacial score (nSPS) is 15.9. The Labute approximate surface area is 309 Å². The predicted molar refractivity (Wildman–Crippen MR) is 186 cm³/mol. The van der Waals surface area contributed by atoms with Crippen LogP contribution in [0.3, 0.4) is 0 Å². The van der Waals surface area contributed by atoms with E-state index in [0.29, 0.717) is 5.39 Å². The molecular formula is C35H40ClF2N2O12P. The number of hydrogen-bond donors (Lipinski definition) is 0. The van der Waals surface area contributed by atoms with Gasteiger partial charge in [-0.15, -0.1) is 0 Å². The minimum Gasteiger partial charge on any atom is -0.432 e. The summed E-state index contributed by atoms with van der Waals surface area (Å²) >= 11 is 5.85. The molecule has 1 saturated heterocycles. The fourth-order valence-corrected chi connectivity index (χ4v) is 7.04. The van der Waals surface area contributed by atoms with Gasteiger partial charge in [0.1, 0.15) is 18.5 Å². The number of likely N-dealkylation sites (tertiary alicyclic amines) is 1. The molecule has 1 amide bonds. The van der Waals surface area contributed by atoms with Gasteiger partial charge in [0, 0.05) is 30.0 Å². The van der Waals surface area contributed by atoms with Crippen LogP contribution in [0.15, 0.2) is 42.6 Å². The Balaban J connectivity index is 1.60. The first-order valence-corrected chi connectivity index (χ1v) is 18.5. The van der Waals surface area contributed by atoms with Crippen LogP contribution in [0.5, 0.6) is 0 Å². The van der Waals surface area contributed by atoms with E-state index in [2.05, 4.69) is 0 Å². The molecule has 18 heteroatoms. The Bertz CT molecular complexity index is 1870. The Morgan fingerprint density at radius 3 is 2.17 bits per heavy atom. The average molecular weight is 785 g/mol. The van der Waals surface area contributed by atoms with E-state index in [4.69, 9.17) is 39.6 Å². The Kier molecular flexibility index (Phi) is 14.1. The summed E-state index contributed by atoms with van der Waals surface area (Å²) in [5, 5.41) is 0.0900. The summed E-state index contributed by atoms with van der Waals surface area (Å²) in [5.74, 6) is -2.15. The van der Waals surface area contributed by atoms with Gasteiger partial charge >= 0.3 is 19.9 Å². The number of alkyl halides is 1. The zero-order valence-corrected chi connectivity index (χ0v) is 31.3. The van der Waals surface area contributed by atoms with Crippen LogP contribution in [0.25, 0.3) is 10.9 Å². The number of Topliss-reactive ketones (excluding diaryl/α,β-unsaturated/α-hetero) is 2. The van der Waals surface area contributed by atoms with E-state index in [1.165, 1.54) is 48.0 Å². The van der Waals surface area contributed by atoms with Crippen LogP contribution in [0.2, 0.25) is 5.02 Å². The molecule has 2 atom stereocenters. The number of aryl methyl sites for hydroxylation is 1. The molecule has 0 spiro atoms. The highest BCUT2D eigenvalue weighted by molar-refractivity contribution is 7.62. The lowest BCUT2D eigenvalue weighted by atomic mass is 10.0. The lowest BCUT2D eigenvalue weighted by Crippen LogP contribution is -2.42. The molecule has 1 aliphatic rings. The average Bonchev–Trinajstić information content (AvgIpc) is 3.65. The maximum atomic E-state index is 14.7. The van der Waals surface area contributed by atoms with Crippen molar-refractivity contribution in [2.45, 2.75) is 84.8 Å². The van der Waals surface area contributed by atoms with Gasteiger partial charge in [0.15, 0.2) is 11.6 Å². The molecule has 53 heavy (non-hydrogen) atoms. The van der Waals surface area contributed by atoms with Gasteiger partial charge < -0.3 is 28.4 Å². The van der Waals surface area contributed by atoms with Gasteiger partial charge in [-0.3, -0.25) is 28.0 Å². The molecule has 0 bridgehead atoms. The summed E-state index contributed by atoms with van der Waals surface area (Å²) in [7, 11) is -4.51. The van der Waals surface area contributed by atoms with Crippen molar-refractivity contribution in [2.24, 2.45) is 0 Å². The van der Waals surface area contributed by atoms with Crippen molar-refractivity contribution in [1.82, 2.24) is 9.47 Å². The molecule has 1 aliphatic heterocycles. The fourth-order valence-electron chi connectivity index (χ4n) is 5.56. The monoisotopic (exact) mass is 784 g/mol. The molecule has 0 N–H and O–H groups in total. The number of aromatic nitrogens is 1. The van der Waals surface area contributed by atoms with Crippen molar-refractivity contribution < 1.29 is 65.3 Å².